The van der Waals surface area contributed by atoms with Crippen molar-refractivity contribution in [3.63, 3.8) is 0 Å². The van der Waals surface area contributed by atoms with Gasteiger partial charge in [-0.15, -0.1) is 0 Å². The molecular formula is C22H16ClNO5. The van der Waals surface area contributed by atoms with Crippen molar-refractivity contribution < 1.29 is 23.8 Å². The number of benzene rings is 2. The van der Waals surface area contributed by atoms with Crippen molar-refractivity contribution in [3.05, 3.63) is 75.0 Å². The highest BCUT2D eigenvalue weighted by Gasteiger charge is 2.43. The molecule has 7 heteroatoms. The lowest BCUT2D eigenvalue weighted by Crippen LogP contribution is -2.29. The SMILES string of the molecule is COC(=O)C1=C(C)NC2=C(C(=O)c3ccccc32)[C@@H]1c1cc2c(cc1Cl)OCO2. The van der Waals surface area contributed by atoms with E-state index in [0.717, 1.165) is 5.56 Å². The van der Waals surface area contributed by atoms with Crippen molar-refractivity contribution in [1.29, 1.82) is 0 Å². The van der Waals surface area contributed by atoms with E-state index < -0.39 is 11.9 Å². The first-order valence-corrected chi connectivity index (χ1v) is 9.42. The molecule has 0 saturated carbocycles. The van der Waals surface area contributed by atoms with Gasteiger partial charge in [-0.1, -0.05) is 35.9 Å². The minimum Gasteiger partial charge on any atom is -0.466 e. The number of dihydropyridines is 1. The fourth-order valence-electron chi connectivity index (χ4n) is 4.17. The number of methoxy groups -OCH3 is 1. The third-order valence-electron chi connectivity index (χ3n) is 5.46. The largest absolute Gasteiger partial charge is 0.466 e. The van der Waals surface area contributed by atoms with Gasteiger partial charge in [0.15, 0.2) is 17.3 Å². The fourth-order valence-corrected chi connectivity index (χ4v) is 4.44. The van der Waals surface area contributed by atoms with Crippen LogP contribution in [-0.2, 0) is 9.53 Å². The molecule has 0 aromatic heterocycles. The Morgan fingerprint density at radius 1 is 1.17 bits per heavy atom. The second-order valence-corrected chi connectivity index (χ2v) is 7.39. The minimum absolute atomic E-state index is 0.0956. The van der Waals surface area contributed by atoms with E-state index in [1.807, 2.05) is 18.2 Å². The number of carbonyl (C=O) groups is 2. The van der Waals surface area contributed by atoms with E-state index in [0.29, 0.717) is 50.2 Å². The maximum atomic E-state index is 13.4. The second kappa shape index (κ2) is 6.39. The molecule has 0 unspecified atom stereocenters. The molecule has 2 heterocycles. The number of nitrogens with one attached hydrogen (secondary N) is 1. The Kier molecular flexibility index (Phi) is 3.93. The van der Waals surface area contributed by atoms with Gasteiger partial charge in [0.1, 0.15) is 0 Å². The molecule has 1 N–H and O–H groups in total. The molecule has 2 aliphatic heterocycles. The first kappa shape index (κ1) is 17.8. The minimum atomic E-state index is -0.694. The summed E-state index contributed by atoms with van der Waals surface area (Å²) in [4.78, 5) is 26.1. The Morgan fingerprint density at radius 3 is 2.59 bits per heavy atom. The highest BCUT2D eigenvalue weighted by atomic mass is 35.5. The van der Waals surface area contributed by atoms with E-state index in [1.165, 1.54) is 7.11 Å². The molecular weight excluding hydrogens is 394 g/mol. The van der Waals surface area contributed by atoms with Crippen molar-refractivity contribution in [3.8, 4) is 11.5 Å². The molecule has 0 saturated heterocycles. The number of hydrogen-bond acceptors (Lipinski definition) is 6. The Hall–Kier alpha value is -3.25. The average Bonchev–Trinajstić information content (AvgIpc) is 3.28. The van der Waals surface area contributed by atoms with Gasteiger partial charge in [0, 0.05) is 33.5 Å². The zero-order valence-corrected chi connectivity index (χ0v) is 16.4. The van der Waals surface area contributed by atoms with Gasteiger partial charge >= 0.3 is 5.97 Å². The zero-order valence-electron chi connectivity index (χ0n) is 15.7. The topological polar surface area (TPSA) is 73.9 Å². The fraction of sp³-hybridized carbons (Fsp3) is 0.182. The third kappa shape index (κ3) is 2.49. The van der Waals surface area contributed by atoms with Gasteiger partial charge in [-0.3, -0.25) is 4.79 Å². The van der Waals surface area contributed by atoms with Crippen LogP contribution >= 0.6 is 11.6 Å². The van der Waals surface area contributed by atoms with Crippen LogP contribution in [0.15, 0.2) is 53.2 Å². The smallest absolute Gasteiger partial charge is 0.336 e. The number of halogens is 1. The van der Waals surface area contributed by atoms with Crippen molar-refractivity contribution in [1.82, 2.24) is 5.32 Å². The van der Waals surface area contributed by atoms with Crippen molar-refractivity contribution in [2.24, 2.45) is 0 Å². The van der Waals surface area contributed by atoms with Crippen LogP contribution in [0.1, 0.15) is 34.3 Å². The van der Waals surface area contributed by atoms with Crippen LogP contribution in [0, 0.1) is 0 Å². The van der Waals surface area contributed by atoms with Crippen molar-refractivity contribution in [2.75, 3.05) is 13.9 Å². The third-order valence-corrected chi connectivity index (χ3v) is 5.78. The highest BCUT2D eigenvalue weighted by molar-refractivity contribution is 6.32. The molecule has 0 bridgehead atoms. The average molecular weight is 410 g/mol. The van der Waals surface area contributed by atoms with E-state index in [1.54, 1.807) is 25.1 Å². The molecule has 0 amide bonds. The molecule has 1 atom stereocenters. The van der Waals surface area contributed by atoms with E-state index >= 15 is 0 Å². The van der Waals surface area contributed by atoms with E-state index in [9.17, 15) is 9.59 Å². The Morgan fingerprint density at radius 2 is 1.86 bits per heavy atom. The summed E-state index contributed by atoms with van der Waals surface area (Å²) in [7, 11) is 1.32. The lowest BCUT2D eigenvalue weighted by atomic mass is 9.79. The number of Topliss-reactive ketones (excluding diaryl/α,β-unsaturated/α-hetero) is 1. The van der Waals surface area contributed by atoms with Crippen molar-refractivity contribution >= 4 is 29.1 Å². The van der Waals surface area contributed by atoms with Gasteiger partial charge in [-0.25, -0.2) is 4.79 Å². The Labute approximate surface area is 171 Å². The summed E-state index contributed by atoms with van der Waals surface area (Å²) in [6.45, 7) is 1.88. The summed E-state index contributed by atoms with van der Waals surface area (Å²) in [5.41, 5.74) is 4.09. The van der Waals surface area contributed by atoms with Crippen LogP contribution in [-0.4, -0.2) is 25.7 Å². The summed E-state index contributed by atoms with van der Waals surface area (Å²) >= 11 is 6.59. The molecule has 0 fully saturated rings. The predicted molar refractivity (Wildman–Crippen MR) is 106 cm³/mol. The molecule has 6 nitrogen and oxygen atoms in total. The molecule has 29 heavy (non-hydrogen) atoms. The number of ether oxygens (including phenoxy) is 3. The monoisotopic (exact) mass is 409 g/mol. The van der Waals surface area contributed by atoms with Crippen LogP contribution in [0.4, 0.5) is 0 Å². The molecule has 2 aromatic rings. The molecule has 0 spiro atoms. The first-order chi connectivity index (χ1) is 14.0. The summed E-state index contributed by atoms with van der Waals surface area (Å²) < 4.78 is 15.9. The van der Waals surface area contributed by atoms with Gasteiger partial charge in [0.2, 0.25) is 6.79 Å². The van der Waals surface area contributed by atoms with Gasteiger partial charge in [-0.05, 0) is 18.6 Å². The molecule has 2 aromatic carbocycles. The van der Waals surface area contributed by atoms with Crippen LogP contribution in [0.3, 0.4) is 0 Å². The van der Waals surface area contributed by atoms with Crippen molar-refractivity contribution in [2.45, 2.75) is 12.8 Å². The van der Waals surface area contributed by atoms with Crippen LogP contribution in [0.2, 0.25) is 5.02 Å². The van der Waals surface area contributed by atoms with E-state index in [-0.39, 0.29) is 12.6 Å². The van der Waals surface area contributed by atoms with Crippen LogP contribution in [0.25, 0.3) is 5.70 Å². The van der Waals surface area contributed by atoms with Gasteiger partial charge in [0.25, 0.3) is 0 Å². The summed E-state index contributed by atoms with van der Waals surface area (Å²) in [6, 6.07) is 10.7. The van der Waals surface area contributed by atoms with E-state index in [4.69, 9.17) is 25.8 Å². The number of fused-ring (bicyclic) bond motifs is 3. The number of esters is 1. The Bertz CT molecular complexity index is 1160. The van der Waals surface area contributed by atoms with Crippen LogP contribution in [0.5, 0.6) is 11.5 Å². The summed E-state index contributed by atoms with van der Waals surface area (Å²) in [6.07, 6.45) is 0. The molecule has 5 rings (SSSR count). The highest BCUT2D eigenvalue weighted by Crippen LogP contribution is 2.50. The number of hydrogen-bond donors (Lipinski definition) is 1. The summed E-state index contributed by atoms with van der Waals surface area (Å²) in [5, 5.41) is 3.62. The lowest BCUT2D eigenvalue weighted by molar-refractivity contribution is -0.136. The molecule has 3 aliphatic rings. The standard InChI is InChI=1S/C22H16ClNO5/c1-10-17(22(26)27-2)18(13-7-15-16(8-14(13)23)29-9-28-15)19-20(24-10)11-5-3-4-6-12(11)21(19)25/h3-8,18,24H,9H2,1-2H3/t18-/m1/s1. The van der Waals surface area contributed by atoms with Gasteiger partial charge in [-0.2, -0.15) is 0 Å². The number of allylic oxidation sites excluding steroid dienone is 2. The summed E-state index contributed by atoms with van der Waals surface area (Å²) in [5.74, 6) is -0.307. The first-order valence-electron chi connectivity index (χ1n) is 9.04. The lowest BCUT2D eigenvalue weighted by Gasteiger charge is -2.29. The number of ketones is 1. The van der Waals surface area contributed by atoms with Gasteiger partial charge in [0.05, 0.1) is 24.3 Å². The quantitative estimate of drug-likeness (QED) is 0.760. The van der Waals surface area contributed by atoms with Crippen LogP contribution < -0.4 is 14.8 Å². The van der Waals surface area contributed by atoms with E-state index in [2.05, 4.69) is 5.32 Å². The molecule has 0 radical (unpaired) electrons. The normalized spacial score (nSPS) is 19.1. The second-order valence-electron chi connectivity index (χ2n) is 6.98. The maximum Gasteiger partial charge on any atom is 0.336 e. The molecule has 146 valence electrons. The van der Waals surface area contributed by atoms with Gasteiger partial charge < -0.3 is 19.5 Å². The molecule has 1 aliphatic carbocycles. The maximum absolute atomic E-state index is 13.4. The zero-order chi connectivity index (χ0) is 20.3. The Balaban J connectivity index is 1.77. The number of rotatable bonds is 2. The predicted octanol–water partition coefficient (Wildman–Crippen LogP) is 3.81. The number of carbonyl (C=O) groups excluding carboxylic acids is 2.